The van der Waals surface area contributed by atoms with Crippen molar-refractivity contribution in [3.63, 3.8) is 0 Å². The topological polar surface area (TPSA) is 67.9 Å². The van der Waals surface area contributed by atoms with Crippen LogP contribution in [-0.2, 0) is 9.53 Å². The molecule has 1 aromatic rings. The van der Waals surface area contributed by atoms with Gasteiger partial charge in [0.15, 0.2) is 0 Å². The minimum atomic E-state index is -2.93. The third-order valence-electron chi connectivity index (χ3n) is 4.28. The van der Waals surface area contributed by atoms with Crippen LogP contribution in [-0.4, -0.2) is 48.7 Å². The SMILES string of the molecule is CC(C)(C)OC(=O)N1CCCC(CNC(=O)C=Cc2ccccc2OC(F)F)C1. The van der Waals surface area contributed by atoms with Crippen molar-refractivity contribution in [3.8, 4) is 5.75 Å². The number of ether oxygens (including phenoxy) is 2. The van der Waals surface area contributed by atoms with Crippen LogP contribution in [0, 0.1) is 5.92 Å². The molecule has 1 saturated heterocycles. The number of benzene rings is 1. The van der Waals surface area contributed by atoms with Crippen LogP contribution in [0.15, 0.2) is 30.3 Å². The van der Waals surface area contributed by atoms with E-state index in [9.17, 15) is 18.4 Å². The van der Waals surface area contributed by atoms with Crippen molar-refractivity contribution in [2.24, 2.45) is 5.92 Å². The molecule has 1 aliphatic rings. The van der Waals surface area contributed by atoms with Crippen molar-refractivity contribution in [1.82, 2.24) is 10.2 Å². The van der Waals surface area contributed by atoms with Crippen LogP contribution >= 0.6 is 0 Å². The Hall–Kier alpha value is -2.64. The number of nitrogens with zero attached hydrogens (tertiary/aromatic N) is 1. The van der Waals surface area contributed by atoms with E-state index in [4.69, 9.17) is 4.74 Å². The Labute approximate surface area is 169 Å². The van der Waals surface area contributed by atoms with Crippen molar-refractivity contribution in [1.29, 1.82) is 0 Å². The molecular weight excluding hydrogens is 382 g/mol. The van der Waals surface area contributed by atoms with Gasteiger partial charge in [-0.3, -0.25) is 4.79 Å². The van der Waals surface area contributed by atoms with Crippen LogP contribution in [0.1, 0.15) is 39.2 Å². The van der Waals surface area contributed by atoms with Crippen molar-refractivity contribution in [2.45, 2.75) is 45.8 Å². The van der Waals surface area contributed by atoms with Crippen LogP contribution in [0.25, 0.3) is 6.08 Å². The lowest BCUT2D eigenvalue weighted by Crippen LogP contribution is -2.45. The summed E-state index contributed by atoms with van der Waals surface area (Å²) in [6, 6.07) is 6.25. The molecular formula is C21H28F2N2O4. The van der Waals surface area contributed by atoms with Crippen molar-refractivity contribution in [2.75, 3.05) is 19.6 Å². The van der Waals surface area contributed by atoms with Gasteiger partial charge in [-0.1, -0.05) is 18.2 Å². The van der Waals surface area contributed by atoms with Gasteiger partial charge < -0.3 is 19.7 Å². The molecule has 0 saturated carbocycles. The van der Waals surface area contributed by atoms with Crippen LogP contribution in [0.5, 0.6) is 5.75 Å². The van der Waals surface area contributed by atoms with E-state index in [1.807, 2.05) is 20.8 Å². The van der Waals surface area contributed by atoms with Crippen LogP contribution in [0.4, 0.5) is 13.6 Å². The zero-order valence-corrected chi connectivity index (χ0v) is 17.0. The summed E-state index contributed by atoms with van der Waals surface area (Å²) in [5.41, 5.74) is -0.162. The molecule has 1 aromatic carbocycles. The number of rotatable bonds is 6. The molecule has 1 unspecified atom stereocenters. The highest BCUT2D eigenvalue weighted by atomic mass is 19.3. The third kappa shape index (κ3) is 8.09. The second kappa shape index (κ2) is 10.2. The minimum absolute atomic E-state index is 0.00633. The maximum atomic E-state index is 12.4. The van der Waals surface area contributed by atoms with Crippen LogP contribution in [0.3, 0.4) is 0 Å². The molecule has 8 heteroatoms. The lowest BCUT2D eigenvalue weighted by Gasteiger charge is -2.34. The highest BCUT2D eigenvalue weighted by molar-refractivity contribution is 5.92. The number of amides is 2. The van der Waals surface area contributed by atoms with Gasteiger partial charge in [-0.05, 0) is 51.7 Å². The Bertz CT molecular complexity index is 732. The van der Waals surface area contributed by atoms with Gasteiger partial charge in [-0.25, -0.2) is 4.79 Å². The van der Waals surface area contributed by atoms with E-state index in [2.05, 4.69) is 10.1 Å². The summed E-state index contributed by atoms with van der Waals surface area (Å²) in [5, 5.41) is 2.80. The Kier molecular flexibility index (Phi) is 7.99. The number of likely N-dealkylation sites (tertiary alicyclic amines) is 1. The molecule has 1 heterocycles. The number of nitrogens with one attached hydrogen (secondary N) is 1. The summed E-state index contributed by atoms with van der Waals surface area (Å²) in [7, 11) is 0. The second-order valence-electron chi connectivity index (χ2n) is 7.93. The zero-order valence-electron chi connectivity index (χ0n) is 17.0. The fourth-order valence-corrected chi connectivity index (χ4v) is 3.01. The molecule has 2 rings (SSSR count). The summed E-state index contributed by atoms with van der Waals surface area (Å²) < 4.78 is 34.7. The molecule has 0 spiro atoms. The molecule has 1 atom stereocenters. The number of halogens is 2. The number of alkyl halides is 2. The van der Waals surface area contributed by atoms with Crippen molar-refractivity contribution < 1.29 is 27.8 Å². The first-order valence-electron chi connectivity index (χ1n) is 9.62. The first-order valence-corrected chi connectivity index (χ1v) is 9.62. The van der Waals surface area contributed by atoms with Gasteiger partial charge in [0.25, 0.3) is 0 Å². The van der Waals surface area contributed by atoms with Gasteiger partial charge in [0.2, 0.25) is 5.91 Å². The summed E-state index contributed by atoms with van der Waals surface area (Å²) in [4.78, 5) is 26.0. The largest absolute Gasteiger partial charge is 0.444 e. The smallest absolute Gasteiger partial charge is 0.410 e. The van der Waals surface area contributed by atoms with E-state index < -0.39 is 12.2 Å². The van der Waals surface area contributed by atoms with E-state index in [1.165, 1.54) is 18.2 Å². The number of piperidine rings is 1. The van der Waals surface area contributed by atoms with Crippen LogP contribution < -0.4 is 10.1 Å². The summed E-state index contributed by atoms with van der Waals surface area (Å²) in [5.74, 6) is -0.207. The predicted octanol–water partition coefficient (Wildman–Crippen LogP) is 4.06. The van der Waals surface area contributed by atoms with E-state index >= 15 is 0 Å². The monoisotopic (exact) mass is 410 g/mol. The summed E-state index contributed by atoms with van der Waals surface area (Å²) >= 11 is 0. The molecule has 2 amide bonds. The molecule has 1 fully saturated rings. The maximum absolute atomic E-state index is 12.4. The van der Waals surface area contributed by atoms with Gasteiger partial charge in [0, 0.05) is 31.3 Å². The molecule has 1 aliphatic heterocycles. The Balaban J connectivity index is 1.85. The Morgan fingerprint density at radius 1 is 1.31 bits per heavy atom. The fourth-order valence-electron chi connectivity index (χ4n) is 3.01. The molecule has 0 radical (unpaired) electrons. The van der Waals surface area contributed by atoms with Gasteiger partial charge in [0.1, 0.15) is 11.4 Å². The van der Waals surface area contributed by atoms with Gasteiger partial charge in [0.05, 0.1) is 0 Å². The second-order valence-corrected chi connectivity index (χ2v) is 7.93. The zero-order chi connectivity index (χ0) is 21.4. The molecule has 29 heavy (non-hydrogen) atoms. The third-order valence-corrected chi connectivity index (χ3v) is 4.28. The Morgan fingerprint density at radius 3 is 2.72 bits per heavy atom. The average Bonchev–Trinajstić information content (AvgIpc) is 2.64. The Morgan fingerprint density at radius 2 is 2.03 bits per heavy atom. The summed E-state index contributed by atoms with van der Waals surface area (Å²) in [6.45, 7) is 4.11. The molecule has 1 N–H and O–H groups in total. The van der Waals surface area contributed by atoms with E-state index in [0.29, 0.717) is 25.2 Å². The molecule has 0 bridgehead atoms. The number of carbonyl (C=O) groups excluding carboxylic acids is 2. The number of carbonyl (C=O) groups is 2. The molecule has 0 aromatic heterocycles. The first kappa shape index (κ1) is 22.6. The quantitative estimate of drug-likeness (QED) is 0.718. The minimum Gasteiger partial charge on any atom is -0.444 e. The fraction of sp³-hybridized carbons (Fsp3) is 0.524. The number of hydrogen-bond acceptors (Lipinski definition) is 4. The number of para-hydroxylation sites is 1. The first-order chi connectivity index (χ1) is 13.6. The van der Waals surface area contributed by atoms with Gasteiger partial charge >= 0.3 is 12.7 Å². The molecule has 0 aliphatic carbocycles. The van der Waals surface area contributed by atoms with Crippen molar-refractivity contribution in [3.05, 3.63) is 35.9 Å². The highest BCUT2D eigenvalue weighted by Crippen LogP contribution is 2.22. The van der Waals surface area contributed by atoms with E-state index in [1.54, 1.807) is 23.1 Å². The maximum Gasteiger partial charge on any atom is 0.410 e. The lowest BCUT2D eigenvalue weighted by atomic mass is 9.98. The van der Waals surface area contributed by atoms with E-state index in [-0.39, 0.29) is 23.7 Å². The van der Waals surface area contributed by atoms with Crippen molar-refractivity contribution >= 4 is 18.1 Å². The lowest BCUT2D eigenvalue weighted by molar-refractivity contribution is -0.116. The predicted molar refractivity (Wildman–Crippen MR) is 106 cm³/mol. The normalized spacial score (nSPS) is 17.4. The van der Waals surface area contributed by atoms with Gasteiger partial charge in [-0.2, -0.15) is 8.78 Å². The standard InChI is InChI=1S/C21H28F2N2O4/c1-21(2,3)29-20(27)25-12-6-7-15(14-25)13-24-18(26)11-10-16-8-4-5-9-17(16)28-19(22)23/h4-5,8-11,15,19H,6-7,12-14H2,1-3H3,(H,24,26). The molecule has 6 nitrogen and oxygen atoms in total. The van der Waals surface area contributed by atoms with E-state index in [0.717, 1.165) is 12.8 Å². The van der Waals surface area contributed by atoms with Gasteiger partial charge in [-0.15, -0.1) is 0 Å². The van der Waals surface area contributed by atoms with Crippen LogP contribution in [0.2, 0.25) is 0 Å². The summed E-state index contributed by atoms with van der Waals surface area (Å²) in [6.07, 6.45) is 4.11. The number of hydrogen-bond donors (Lipinski definition) is 1. The highest BCUT2D eigenvalue weighted by Gasteiger charge is 2.27. The average molecular weight is 410 g/mol. The molecule has 160 valence electrons.